The first-order valence-electron chi connectivity index (χ1n) is 7.36. The fourth-order valence-electron chi connectivity index (χ4n) is 2.13. The molecule has 1 aromatic carbocycles. The Kier molecular flexibility index (Phi) is 5.68. The Morgan fingerprint density at radius 2 is 2.04 bits per heavy atom. The van der Waals surface area contributed by atoms with Gasteiger partial charge in [-0.25, -0.2) is 0 Å². The number of aryl methyl sites for hydroxylation is 1. The lowest BCUT2D eigenvalue weighted by Gasteiger charge is -2.03. The molecule has 0 aliphatic heterocycles. The van der Waals surface area contributed by atoms with Crippen LogP contribution in [0.25, 0.3) is 0 Å². The number of nitrogens with one attached hydrogen (secondary N) is 1. The molecule has 120 valence electrons. The number of hydrogen-bond donors (Lipinski definition) is 2. The van der Waals surface area contributed by atoms with Gasteiger partial charge in [-0.2, -0.15) is 5.10 Å². The number of nitrogens with zero attached hydrogens (tertiary/aromatic N) is 2. The monoisotopic (exact) mass is 312 g/mol. The quantitative estimate of drug-likeness (QED) is 0.765. The van der Waals surface area contributed by atoms with Gasteiger partial charge in [-0.1, -0.05) is 35.9 Å². The van der Waals surface area contributed by atoms with Crippen LogP contribution in [-0.4, -0.2) is 21.6 Å². The van der Waals surface area contributed by atoms with Crippen molar-refractivity contribution in [2.75, 3.05) is 5.32 Å². The van der Waals surface area contributed by atoms with Gasteiger partial charge in [-0.15, -0.1) is 0 Å². The molecule has 0 saturated carbocycles. The molecule has 0 unspecified atom stereocenters. The second-order valence-electron chi connectivity index (χ2n) is 5.36. The Morgan fingerprint density at radius 3 is 2.74 bits per heavy atom. The van der Waals surface area contributed by atoms with Crippen molar-refractivity contribution in [3.05, 3.63) is 59.9 Å². The van der Waals surface area contributed by atoms with E-state index in [9.17, 15) is 9.59 Å². The van der Waals surface area contributed by atoms with Crippen LogP contribution >= 0.6 is 0 Å². The third-order valence-corrected chi connectivity index (χ3v) is 3.25. The molecule has 0 spiro atoms. The van der Waals surface area contributed by atoms with Gasteiger partial charge in [0.2, 0.25) is 11.8 Å². The average molecular weight is 312 g/mol. The number of primary amides is 1. The minimum atomic E-state index is -0.484. The first-order chi connectivity index (χ1) is 11.0. The van der Waals surface area contributed by atoms with Crippen LogP contribution in [0.3, 0.4) is 0 Å². The molecule has 2 rings (SSSR count). The van der Waals surface area contributed by atoms with Crippen molar-refractivity contribution >= 4 is 17.5 Å². The van der Waals surface area contributed by atoms with Crippen molar-refractivity contribution in [2.45, 2.75) is 26.3 Å². The maximum absolute atomic E-state index is 11.9. The summed E-state index contributed by atoms with van der Waals surface area (Å²) in [5.41, 5.74) is 7.86. The van der Waals surface area contributed by atoms with Gasteiger partial charge in [0.05, 0.1) is 11.9 Å². The predicted octanol–water partition coefficient (Wildman–Crippen LogP) is 1.89. The summed E-state index contributed by atoms with van der Waals surface area (Å²) < 4.78 is 1.38. The average Bonchev–Trinajstić information content (AvgIpc) is 2.92. The maximum atomic E-state index is 11.9. The molecule has 2 amide bonds. The maximum Gasteiger partial charge on any atom is 0.248 e. The topological polar surface area (TPSA) is 90.0 Å². The van der Waals surface area contributed by atoms with Gasteiger partial charge in [0, 0.05) is 12.3 Å². The van der Waals surface area contributed by atoms with Gasteiger partial charge < -0.3 is 11.1 Å². The van der Waals surface area contributed by atoms with Crippen LogP contribution in [0.1, 0.15) is 18.9 Å². The van der Waals surface area contributed by atoms with E-state index in [0.717, 1.165) is 18.4 Å². The zero-order valence-electron chi connectivity index (χ0n) is 13.0. The zero-order chi connectivity index (χ0) is 16.7. The van der Waals surface area contributed by atoms with Gasteiger partial charge in [0.1, 0.15) is 6.54 Å². The van der Waals surface area contributed by atoms with Crippen LogP contribution in [0.5, 0.6) is 0 Å². The molecular formula is C17H20N4O2. The van der Waals surface area contributed by atoms with Crippen molar-refractivity contribution in [1.29, 1.82) is 0 Å². The van der Waals surface area contributed by atoms with Crippen LogP contribution < -0.4 is 11.1 Å². The summed E-state index contributed by atoms with van der Waals surface area (Å²) in [6.45, 7) is 1.92. The summed E-state index contributed by atoms with van der Waals surface area (Å²) in [5.74, 6) is -0.697. The SMILES string of the molecule is C/C(=C/C(=O)Nc1cnn(CC(N)=O)c1)CCc1ccccc1. The minimum Gasteiger partial charge on any atom is -0.368 e. The number of carbonyl (C=O) groups excluding carboxylic acids is 2. The molecule has 23 heavy (non-hydrogen) atoms. The Hall–Kier alpha value is -2.89. The highest BCUT2D eigenvalue weighted by Gasteiger charge is 2.04. The second kappa shape index (κ2) is 7.93. The summed E-state index contributed by atoms with van der Waals surface area (Å²) in [4.78, 5) is 22.7. The van der Waals surface area contributed by atoms with E-state index in [4.69, 9.17) is 5.73 Å². The molecule has 1 aromatic heterocycles. The molecule has 0 atom stereocenters. The standard InChI is InChI=1S/C17H20N4O2/c1-13(7-8-14-5-3-2-4-6-14)9-17(23)20-15-10-19-21(11-15)12-16(18)22/h2-6,9-11H,7-8,12H2,1H3,(H2,18,22)(H,20,23)/b13-9-. The van der Waals surface area contributed by atoms with Gasteiger partial charge >= 0.3 is 0 Å². The van der Waals surface area contributed by atoms with Crippen molar-refractivity contribution < 1.29 is 9.59 Å². The largest absolute Gasteiger partial charge is 0.368 e. The lowest BCUT2D eigenvalue weighted by molar-refractivity contribution is -0.118. The third kappa shape index (κ3) is 5.78. The van der Waals surface area contributed by atoms with Gasteiger partial charge in [0.25, 0.3) is 0 Å². The van der Waals surface area contributed by atoms with Crippen LogP contribution in [0.2, 0.25) is 0 Å². The highest BCUT2D eigenvalue weighted by Crippen LogP contribution is 2.10. The van der Waals surface area contributed by atoms with Crippen molar-refractivity contribution in [1.82, 2.24) is 9.78 Å². The number of aromatic nitrogens is 2. The van der Waals surface area contributed by atoms with E-state index in [1.54, 1.807) is 12.3 Å². The normalized spacial score (nSPS) is 11.3. The number of allylic oxidation sites excluding steroid dienone is 1. The number of hydrogen-bond acceptors (Lipinski definition) is 3. The van der Waals surface area contributed by atoms with Crippen molar-refractivity contribution in [2.24, 2.45) is 5.73 Å². The zero-order valence-corrected chi connectivity index (χ0v) is 13.0. The van der Waals surface area contributed by atoms with Crippen LogP contribution in [0, 0.1) is 0 Å². The summed E-state index contributed by atoms with van der Waals surface area (Å²) in [6.07, 6.45) is 6.34. The van der Waals surface area contributed by atoms with E-state index in [1.165, 1.54) is 16.4 Å². The molecule has 0 aliphatic carbocycles. The fraction of sp³-hybridized carbons (Fsp3) is 0.235. The van der Waals surface area contributed by atoms with Crippen LogP contribution in [-0.2, 0) is 22.6 Å². The molecule has 0 saturated heterocycles. The van der Waals surface area contributed by atoms with E-state index in [1.807, 2.05) is 25.1 Å². The summed E-state index contributed by atoms with van der Waals surface area (Å²) in [5, 5.41) is 6.66. The molecular weight excluding hydrogens is 292 g/mol. The minimum absolute atomic E-state index is 0.0121. The predicted molar refractivity (Wildman–Crippen MR) is 88.6 cm³/mol. The van der Waals surface area contributed by atoms with Crippen molar-refractivity contribution in [3.8, 4) is 0 Å². The molecule has 0 bridgehead atoms. The summed E-state index contributed by atoms with van der Waals surface area (Å²) in [7, 11) is 0. The molecule has 3 N–H and O–H groups in total. The fourth-order valence-corrected chi connectivity index (χ4v) is 2.13. The summed E-state index contributed by atoms with van der Waals surface area (Å²) in [6, 6.07) is 10.1. The number of rotatable bonds is 7. The van der Waals surface area contributed by atoms with E-state index >= 15 is 0 Å². The summed E-state index contributed by atoms with van der Waals surface area (Å²) >= 11 is 0. The first-order valence-corrected chi connectivity index (χ1v) is 7.36. The Morgan fingerprint density at radius 1 is 1.30 bits per heavy atom. The first kappa shape index (κ1) is 16.5. The third-order valence-electron chi connectivity index (χ3n) is 3.25. The highest BCUT2D eigenvalue weighted by atomic mass is 16.2. The van der Waals surface area contributed by atoms with E-state index in [0.29, 0.717) is 5.69 Å². The van der Waals surface area contributed by atoms with Gasteiger partial charge in [-0.3, -0.25) is 14.3 Å². The van der Waals surface area contributed by atoms with Gasteiger partial charge in [0.15, 0.2) is 0 Å². The number of amides is 2. The van der Waals surface area contributed by atoms with E-state index < -0.39 is 5.91 Å². The lowest BCUT2D eigenvalue weighted by Crippen LogP contribution is -2.18. The van der Waals surface area contributed by atoms with Crippen LogP contribution in [0.15, 0.2) is 54.4 Å². The molecule has 1 heterocycles. The second-order valence-corrected chi connectivity index (χ2v) is 5.36. The highest BCUT2D eigenvalue weighted by molar-refractivity contribution is 5.99. The van der Waals surface area contributed by atoms with E-state index in [2.05, 4.69) is 22.5 Å². The number of nitrogens with two attached hydrogens (primary N) is 1. The lowest BCUT2D eigenvalue weighted by atomic mass is 10.1. The molecule has 2 aromatic rings. The number of benzene rings is 1. The number of carbonyl (C=O) groups is 2. The van der Waals surface area contributed by atoms with Crippen LogP contribution in [0.4, 0.5) is 5.69 Å². The molecule has 0 radical (unpaired) electrons. The Labute approximate surface area is 135 Å². The van der Waals surface area contributed by atoms with Crippen molar-refractivity contribution in [3.63, 3.8) is 0 Å². The smallest absolute Gasteiger partial charge is 0.248 e. The molecule has 6 heteroatoms. The Balaban J connectivity index is 1.85. The molecule has 6 nitrogen and oxygen atoms in total. The molecule has 0 aliphatic rings. The van der Waals surface area contributed by atoms with E-state index in [-0.39, 0.29) is 12.5 Å². The Bertz CT molecular complexity index is 704. The molecule has 0 fully saturated rings. The number of anilines is 1. The van der Waals surface area contributed by atoms with Gasteiger partial charge in [-0.05, 0) is 25.3 Å².